The second-order valence-corrected chi connectivity index (χ2v) is 10.9. The Labute approximate surface area is 210 Å². The number of fused-ring (bicyclic) bond motifs is 1. The van der Waals surface area contributed by atoms with Gasteiger partial charge < -0.3 is 10.6 Å². The highest BCUT2D eigenvalue weighted by molar-refractivity contribution is 7.92. The summed E-state index contributed by atoms with van der Waals surface area (Å²) in [4.78, 5) is 29.1. The van der Waals surface area contributed by atoms with E-state index in [1.165, 1.54) is 59.4 Å². The van der Waals surface area contributed by atoms with Gasteiger partial charge in [-0.15, -0.1) is 11.3 Å². The highest BCUT2D eigenvalue weighted by atomic mass is 35.5. The van der Waals surface area contributed by atoms with Gasteiger partial charge in [0.2, 0.25) is 0 Å². The minimum absolute atomic E-state index is 0.130. The lowest BCUT2D eigenvalue weighted by atomic mass is 10.1. The number of carbonyl (C=O) groups is 1. The Balaban J connectivity index is 1.48. The predicted molar refractivity (Wildman–Crippen MR) is 131 cm³/mol. The highest BCUT2D eigenvalue weighted by Gasteiger charge is 2.26. The molecule has 0 aliphatic heterocycles. The SMILES string of the molecule is O=C(Nc1ccc(-n2ccc3cc(NCC(F)(F)F)ccc3c2=O)nc1)NS(=O)(=O)c1ccc(Cl)s1. The Bertz CT molecular complexity index is 1600. The van der Waals surface area contributed by atoms with Gasteiger partial charge in [-0.1, -0.05) is 11.6 Å². The van der Waals surface area contributed by atoms with Crippen molar-refractivity contribution in [2.24, 2.45) is 0 Å². The third kappa shape index (κ3) is 5.95. The van der Waals surface area contributed by atoms with Crippen LogP contribution in [0.2, 0.25) is 4.34 Å². The number of rotatable bonds is 6. The number of benzene rings is 1. The maximum absolute atomic E-state index is 12.9. The highest BCUT2D eigenvalue weighted by Crippen LogP contribution is 2.25. The van der Waals surface area contributed by atoms with Crippen molar-refractivity contribution >= 4 is 61.1 Å². The zero-order valence-corrected chi connectivity index (χ0v) is 20.2. The number of carbonyl (C=O) groups excluding carboxylic acids is 1. The summed E-state index contributed by atoms with van der Waals surface area (Å²) in [5.74, 6) is 0.202. The minimum Gasteiger partial charge on any atom is -0.376 e. The summed E-state index contributed by atoms with van der Waals surface area (Å²) in [7, 11) is -4.10. The molecule has 0 fully saturated rings. The van der Waals surface area contributed by atoms with Gasteiger partial charge >= 0.3 is 12.2 Å². The molecule has 9 nitrogen and oxygen atoms in total. The molecule has 3 heterocycles. The van der Waals surface area contributed by atoms with Gasteiger partial charge in [0.25, 0.3) is 15.6 Å². The number of sulfonamides is 1. The second-order valence-electron chi connectivity index (χ2n) is 7.28. The summed E-state index contributed by atoms with van der Waals surface area (Å²) in [5.41, 5.74) is -0.0839. The molecule has 3 aromatic heterocycles. The van der Waals surface area contributed by atoms with E-state index in [1.54, 1.807) is 6.07 Å². The number of pyridine rings is 2. The molecule has 2 amide bonds. The van der Waals surface area contributed by atoms with Crippen molar-refractivity contribution < 1.29 is 26.4 Å². The van der Waals surface area contributed by atoms with E-state index < -0.39 is 34.3 Å². The smallest absolute Gasteiger partial charge is 0.376 e. The number of anilines is 2. The van der Waals surface area contributed by atoms with Crippen LogP contribution in [0.1, 0.15) is 0 Å². The fraction of sp³-hybridized carbons (Fsp3) is 0.0952. The summed E-state index contributed by atoms with van der Waals surface area (Å²) < 4.78 is 64.9. The van der Waals surface area contributed by atoms with Crippen LogP contribution in [0, 0.1) is 0 Å². The Kier molecular flexibility index (Phi) is 6.93. The first-order valence-corrected chi connectivity index (χ1v) is 12.6. The molecule has 0 spiro atoms. The molecular weight excluding hydrogens is 543 g/mol. The van der Waals surface area contributed by atoms with E-state index >= 15 is 0 Å². The fourth-order valence-corrected chi connectivity index (χ4v) is 5.50. The van der Waals surface area contributed by atoms with Gasteiger partial charge in [0.15, 0.2) is 0 Å². The molecule has 4 rings (SSSR count). The van der Waals surface area contributed by atoms with Crippen molar-refractivity contribution in [3.63, 3.8) is 0 Å². The van der Waals surface area contributed by atoms with Crippen molar-refractivity contribution in [3.8, 4) is 5.82 Å². The van der Waals surface area contributed by atoms with Crippen LogP contribution in [0.25, 0.3) is 16.6 Å². The Hall–Kier alpha value is -3.62. The molecule has 0 aliphatic rings. The zero-order chi connectivity index (χ0) is 26.1. The first kappa shape index (κ1) is 25.5. The van der Waals surface area contributed by atoms with Gasteiger partial charge in [-0.3, -0.25) is 9.36 Å². The van der Waals surface area contributed by atoms with E-state index in [0.29, 0.717) is 5.39 Å². The van der Waals surface area contributed by atoms with Crippen molar-refractivity contribution in [2.45, 2.75) is 10.4 Å². The number of hydrogen-bond donors (Lipinski definition) is 3. The van der Waals surface area contributed by atoms with E-state index in [-0.39, 0.29) is 31.1 Å². The predicted octanol–water partition coefficient (Wildman–Crippen LogP) is 4.59. The van der Waals surface area contributed by atoms with Crippen molar-refractivity contribution in [1.82, 2.24) is 14.3 Å². The van der Waals surface area contributed by atoms with Crippen LogP contribution in [0.15, 0.2) is 69.9 Å². The number of hydrogen-bond acceptors (Lipinski definition) is 7. The summed E-state index contributed by atoms with van der Waals surface area (Å²) >= 11 is 6.52. The van der Waals surface area contributed by atoms with Gasteiger partial charge in [0.05, 0.1) is 16.2 Å². The molecule has 188 valence electrons. The van der Waals surface area contributed by atoms with Gasteiger partial charge in [-0.2, -0.15) is 13.2 Å². The lowest BCUT2D eigenvalue weighted by molar-refractivity contribution is -0.115. The molecule has 15 heteroatoms. The zero-order valence-electron chi connectivity index (χ0n) is 17.8. The molecule has 0 bridgehead atoms. The van der Waals surface area contributed by atoms with Crippen LogP contribution < -0.4 is 20.9 Å². The Morgan fingerprint density at radius 2 is 1.83 bits per heavy atom. The maximum atomic E-state index is 12.9. The summed E-state index contributed by atoms with van der Waals surface area (Å²) in [6, 6.07) is 10.2. The van der Waals surface area contributed by atoms with Crippen molar-refractivity contribution in [2.75, 3.05) is 17.2 Å². The molecule has 36 heavy (non-hydrogen) atoms. The van der Waals surface area contributed by atoms with Crippen LogP contribution in [-0.2, 0) is 10.0 Å². The molecule has 0 atom stereocenters. The summed E-state index contributed by atoms with van der Waals surface area (Å²) in [6.45, 7) is -1.20. The van der Waals surface area contributed by atoms with Crippen LogP contribution in [0.4, 0.5) is 29.3 Å². The van der Waals surface area contributed by atoms with E-state index in [2.05, 4.69) is 15.6 Å². The van der Waals surface area contributed by atoms with E-state index in [0.717, 1.165) is 11.3 Å². The monoisotopic (exact) mass is 557 g/mol. The molecule has 0 saturated carbocycles. The molecule has 1 aromatic carbocycles. The van der Waals surface area contributed by atoms with Gasteiger partial charge in [-0.05, 0) is 53.9 Å². The van der Waals surface area contributed by atoms with Gasteiger partial charge in [0, 0.05) is 17.3 Å². The quantitative estimate of drug-likeness (QED) is 0.319. The average molecular weight is 558 g/mol. The largest absolute Gasteiger partial charge is 0.405 e. The fourth-order valence-electron chi connectivity index (χ4n) is 3.11. The lowest BCUT2D eigenvalue weighted by Crippen LogP contribution is -2.34. The molecule has 0 unspecified atom stereocenters. The molecule has 0 aliphatic carbocycles. The number of amides is 2. The lowest BCUT2D eigenvalue weighted by Gasteiger charge is -2.11. The third-order valence-electron chi connectivity index (χ3n) is 4.69. The molecule has 0 saturated heterocycles. The maximum Gasteiger partial charge on any atom is 0.405 e. The summed E-state index contributed by atoms with van der Waals surface area (Å²) in [5, 5.41) is 5.29. The van der Waals surface area contributed by atoms with Crippen molar-refractivity contribution in [1.29, 1.82) is 0 Å². The second kappa shape index (κ2) is 9.79. The Morgan fingerprint density at radius 3 is 2.47 bits per heavy atom. The number of thiophene rings is 1. The van der Waals surface area contributed by atoms with Crippen LogP contribution in [0.3, 0.4) is 0 Å². The minimum atomic E-state index is -4.38. The number of nitrogens with one attached hydrogen (secondary N) is 3. The van der Waals surface area contributed by atoms with Crippen molar-refractivity contribution in [3.05, 3.63) is 75.6 Å². The van der Waals surface area contributed by atoms with E-state index in [9.17, 15) is 31.2 Å². The normalized spacial score (nSPS) is 11.9. The average Bonchev–Trinajstić information content (AvgIpc) is 3.25. The number of nitrogens with zero attached hydrogens (tertiary/aromatic N) is 2. The molecule has 4 aromatic rings. The number of urea groups is 1. The standard InChI is InChI=1S/C21H15ClF3N5O4S2/c22-16-4-6-18(35-16)36(33,34)29-20(32)28-14-2-5-17(26-10-14)30-8-7-12-9-13(27-11-21(23,24)25)1-3-15(12)19(30)31/h1-10,27H,11H2,(H2,28,29,32). The van der Waals surface area contributed by atoms with Gasteiger partial charge in [0.1, 0.15) is 16.6 Å². The topological polar surface area (TPSA) is 122 Å². The summed E-state index contributed by atoms with van der Waals surface area (Å²) in [6.07, 6.45) is -1.73. The van der Waals surface area contributed by atoms with E-state index in [4.69, 9.17) is 11.6 Å². The number of aromatic nitrogens is 2. The van der Waals surface area contributed by atoms with Crippen LogP contribution >= 0.6 is 22.9 Å². The van der Waals surface area contributed by atoms with Crippen LogP contribution in [0.5, 0.6) is 0 Å². The molecular formula is C21H15ClF3N5O4S2. The van der Waals surface area contributed by atoms with Crippen LogP contribution in [-0.4, -0.2) is 36.7 Å². The first-order valence-electron chi connectivity index (χ1n) is 9.93. The first-order chi connectivity index (χ1) is 16.9. The number of alkyl halides is 3. The van der Waals surface area contributed by atoms with E-state index in [1.807, 2.05) is 4.72 Å². The molecule has 3 N–H and O–H groups in total. The molecule has 0 radical (unpaired) electrons. The van der Waals surface area contributed by atoms with Gasteiger partial charge in [-0.25, -0.2) is 22.9 Å². The number of halogens is 4. The Morgan fingerprint density at radius 1 is 1.08 bits per heavy atom. The third-order valence-corrected chi connectivity index (χ3v) is 7.74.